The van der Waals surface area contributed by atoms with Crippen LogP contribution in [0.1, 0.15) is 17.7 Å². The normalized spacial score (nSPS) is 12.3. The van der Waals surface area contributed by atoms with E-state index in [1.54, 1.807) is 0 Å². The summed E-state index contributed by atoms with van der Waals surface area (Å²) in [6.45, 7) is 0.704. The average molecular weight is 478 g/mol. The number of ether oxygens (including phenoxy) is 1. The lowest BCUT2D eigenvalue weighted by Crippen LogP contribution is -2.23. The van der Waals surface area contributed by atoms with Gasteiger partial charge in [-0.25, -0.2) is 31.6 Å². The number of alkyl halides is 5. The number of hydrogen-bond donors (Lipinski definition) is 1. The fraction of sp³-hybridized carbons (Fsp3) is 0.375. The summed E-state index contributed by atoms with van der Waals surface area (Å²) in [6.07, 6.45) is -7.05. The number of benzene rings is 1. The lowest BCUT2D eigenvalue weighted by molar-refractivity contribution is -0.106. The summed E-state index contributed by atoms with van der Waals surface area (Å²) >= 11 is 5.74. The Morgan fingerprint density at radius 1 is 1.23 bits per heavy atom. The van der Waals surface area contributed by atoms with E-state index in [9.17, 15) is 34.8 Å². The minimum Gasteiger partial charge on any atom is -0.489 e. The van der Waals surface area contributed by atoms with Crippen molar-refractivity contribution in [2.45, 2.75) is 24.4 Å². The van der Waals surface area contributed by atoms with Crippen molar-refractivity contribution in [3.63, 3.8) is 0 Å². The van der Waals surface area contributed by atoms with E-state index in [4.69, 9.17) is 16.3 Å². The zero-order valence-corrected chi connectivity index (χ0v) is 16.7. The number of sulfone groups is 1. The zero-order valence-electron chi connectivity index (χ0n) is 15.1. The van der Waals surface area contributed by atoms with Gasteiger partial charge in [-0.1, -0.05) is 11.6 Å². The number of anilines is 1. The van der Waals surface area contributed by atoms with Crippen LogP contribution in [0, 0.1) is 12.7 Å². The first-order valence-electron chi connectivity index (χ1n) is 8.06. The summed E-state index contributed by atoms with van der Waals surface area (Å²) < 4.78 is 106. The molecule has 0 aliphatic carbocycles. The minimum atomic E-state index is -4.97. The minimum absolute atomic E-state index is 0.128. The molecule has 0 atom stereocenters. The van der Waals surface area contributed by atoms with Crippen molar-refractivity contribution in [1.82, 2.24) is 9.97 Å². The molecule has 0 saturated carbocycles. The van der Waals surface area contributed by atoms with Gasteiger partial charge in [0.2, 0.25) is 0 Å². The molecule has 1 aromatic carbocycles. The molecule has 6 nitrogen and oxygen atoms in total. The lowest BCUT2D eigenvalue weighted by atomic mass is 10.2. The standard InChI is InChI=1S/C16H14ClF6N3O3S/c1-8-4-9(18)10(5-11(8)30(27,28)6-16(21,22)23)29-3-2-24-15-12(17)13(14(19)20)25-7-26-15/h4-5,7,14H,2-3,6H2,1H3,(H,24,25,26). The van der Waals surface area contributed by atoms with E-state index >= 15 is 0 Å². The third-order valence-electron chi connectivity index (χ3n) is 3.59. The van der Waals surface area contributed by atoms with E-state index in [-0.39, 0.29) is 24.5 Å². The van der Waals surface area contributed by atoms with Gasteiger partial charge in [0, 0.05) is 6.07 Å². The predicted molar refractivity (Wildman–Crippen MR) is 95.2 cm³/mol. The molecule has 0 unspecified atom stereocenters. The second-order valence-electron chi connectivity index (χ2n) is 5.92. The van der Waals surface area contributed by atoms with E-state index in [2.05, 4.69) is 15.3 Å². The summed E-state index contributed by atoms with van der Waals surface area (Å²) in [7, 11) is -4.77. The number of nitrogens with one attached hydrogen (secondary N) is 1. The van der Waals surface area contributed by atoms with E-state index in [0.717, 1.165) is 19.3 Å². The van der Waals surface area contributed by atoms with Crippen LogP contribution in [0.2, 0.25) is 5.02 Å². The van der Waals surface area contributed by atoms with Crippen molar-refractivity contribution in [2.75, 3.05) is 24.2 Å². The number of nitrogens with zero attached hydrogens (tertiary/aromatic N) is 2. The van der Waals surface area contributed by atoms with Crippen LogP contribution in [-0.4, -0.2) is 43.5 Å². The highest BCUT2D eigenvalue weighted by Gasteiger charge is 2.37. The third-order valence-corrected chi connectivity index (χ3v) is 5.78. The van der Waals surface area contributed by atoms with Crippen molar-refractivity contribution < 1.29 is 39.5 Å². The molecule has 0 aliphatic heterocycles. The molecule has 30 heavy (non-hydrogen) atoms. The average Bonchev–Trinajstić information content (AvgIpc) is 2.58. The molecule has 1 heterocycles. The Bertz CT molecular complexity index is 1020. The van der Waals surface area contributed by atoms with Gasteiger partial charge in [-0.2, -0.15) is 13.2 Å². The molecule has 14 heteroatoms. The Hall–Kier alpha value is -2.28. The van der Waals surface area contributed by atoms with E-state index < -0.39 is 55.4 Å². The first-order chi connectivity index (χ1) is 13.8. The fourth-order valence-electron chi connectivity index (χ4n) is 2.36. The number of hydrogen-bond acceptors (Lipinski definition) is 6. The molecule has 1 N–H and O–H groups in total. The van der Waals surface area contributed by atoms with Crippen LogP contribution < -0.4 is 10.1 Å². The largest absolute Gasteiger partial charge is 0.489 e. The summed E-state index contributed by atoms with van der Waals surface area (Å²) in [6, 6.07) is 1.40. The second-order valence-corrected chi connectivity index (χ2v) is 8.26. The van der Waals surface area contributed by atoms with E-state index in [1.807, 2.05) is 0 Å². The summed E-state index contributed by atoms with van der Waals surface area (Å²) in [5.41, 5.74) is -0.909. The zero-order chi connectivity index (χ0) is 22.7. The highest BCUT2D eigenvalue weighted by molar-refractivity contribution is 7.91. The maximum absolute atomic E-state index is 14.0. The molecular weight excluding hydrogens is 464 g/mol. The van der Waals surface area contributed by atoms with Crippen molar-refractivity contribution in [1.29, 1.82) is 0 Å². The fourth-order valence-corrected chi connectivity index (χ4v) is 4.03. The van der Waals surface area contributed by atoms with Gasteiger partial charge in [-0.3, -0.25) is 0 Å². The molecule has 0 bridgehead atoms. The van der Waals surface area contributed by atoms with Crippen LogP contribution in [0.15, 0.2) is 23.4 Å². The van der Waals surface area contributed by atoms with Gasteiger partial charge in [0.1, 0.15) is 29.5 Å². The highest BCUT2D eigenvalue weighted by Crippen LogP contribution is 2.30. The first kappa shape index (κ1) is 24.0. The Balaban J connectivity index is 2.11. The van der Waals surface area contributed by atoms with Crippen LogP contribution >= 0.6 is 11.6 Å². The maximum Gasteiger partial charge on any atom is 0.403 e. The van der Waals surface area contributed by atoms with Gasteiger partial charge >= 0.3 is 6.18 Å². The van der Waals surface area contributed by atoms with Crippen molar-refractivity contribution in [3.05, 3.63) is 40.6 Å². The maximum atomic E-state index is 14.0. The van der Waals surface area contributed by atoms with Crippen LogP contribution in [0.25, 0.3) is 0 Å². The van der Waals surface area contributed by atoms with Gasteiger partial charge in [-0.15, -0.1) is 0 Å². The molecular formula is C16H14ClF6N3O3S. The highest BCUT2D eigenvalue weighted by atomic mass is 35.5. The Morgan fingerprint density at radius 2 is 1.90 bits per heavy atom. The molecule has 1 aromatic heterocycles. The van der Waals surface area contributed by atoms with Gasteiger partial charge in [0.05, 0.1) is 11.4 Å². The molecule has 0 fully saturated rings. The Labute approximate surface area is 172 Å². The van der Waals surface area contributed by atoms with Crippen LogP contribution in [0.4, 0.5) is 32.2 Å². The van der Waals surface area contributed by atoms with Crippen LogP contribution in [0.3, 0.4) is 0 Å². The van der Waals surface area contributed by atoms with Crippen molar-refractivity contribution >= 4 is 27.3 Å². The topological polar surface area (TPSA) is 81.2 Å². The molecule has 0 radical (unpaired) electrons. The van der Waals surface area contributed by atoms with Gasteiger partial charge < -0.3 is 10.1 Å². The lowest BCUT2D eigenvalue weighted by Gasteiger charge is -2.14. The molecule has 166 valence electrons. The number of aryl methyl sites for hydroxylation is 1. The third kappa shape index (κ3) is 6.11. The molecule has 0 saturated heterocycles. The van der Waals surface area contributed by atoms with Crippen LogP contribution in [-0.2, 0) is 9.84 Å². The monoisotopic (exact) mass is 477 g/mol. The number of aromatic nitrogens is 2. The molecule has 2 rings (SSSR count). The van der Waals surface area contributed by atoms with E-state index in [1.165, 1.54) is 0 Å². The molecule has 2 aromatic rings. The molecule has 0 spiro atoms. The van der Waals surface area contributed by atoms with Gasteiger partial charge in [-0.05, 0) is 18.6 Å². The Morgan fingerprint density at radius 3 is 2.50 bits per heavy atom. The predicted octanol–water partition coefficient (Wildman–Crippen LogP) is 4.34. The summed E-state index contributed by atoms with van der Waals surface area (Å²) in [4.78, 5) is 6.30. The van der Waals surface area contributed by atoms with Crippen molar-refractivity contribution in [3.8, 4) is 5.75 Å². The van der Waals surface area contributed by atoms with Crippen LogP contribution in [0.5, 0.6) is 5.75 Å². The summed E-state index contributed by atoms with van der Waals surface area (Å²) in [5.74, 6) is -3.82. The number of rotatable bonds is 8. The van der Waals surface area contributed by atoms with Crippen molar-refractivity contribution in [2.24, 2.45) is 0 Å². The Kier molecular flexibility index (Phi) is 7.40. The van der Waals surface area contributed by atoms with Gasteiger partial charge in [0.25, 0.3) is 6.43 Å². The quantitative estimate of drug-likeness (QED) is 0.346. The molecule has 0 aliphatic rings. The number of halogens is 7. The SMILES string of the molecule is Cc1cc(F)c(OCCNc2ncnc(C(F)F)c2Cl)cc1S(=O)(=O)CC(F)(F)F. The summed E-state index contributed by atoms with van der Waals surface area (Å²) in [5, 5.41) is 2.13. The van der Waals surface area contributed by atoms with Gasteiger partial charge in [0.15, 0.2) is 27.2 Å². The first-order valence-corrected chi connectivity index (χ1v) is 10.1. The second kappa shape index (κ2) is 9.25. The smallest absolute Gasteiger partial charge is 0.403 e. The molecule has 0 amide bonds. The van der Waals surface area contributed by atoms with E-state index in [0.29, 0.717) is 6.07 Å².